The SMILES string of the molecule is C=Cc1nc(C)[nH]c1/C=C\CC.[CH3-].[Zr]. The molecule has 0 radical (unpaired) electrons. The van der Waals surface area contributed by atoms with E-state index in [0.29, 0.717) is 0 Å². The number of aryl methyl sites for hydroxylation is 1. The summed E-state index contributed by atoms with van der Waals surface area (Å²) in [6, 6.07) is 0. The van der Waals surface area contributed by atoms with Crippen molar-refractivity contribution in [2.45, 2.75) is 20.3 Å². The number of hydrogen-bond acceptors (Lipinski definition) is 1. The molecule has 0 aliphatic carbocycles. The number of rotatable bonds is 3. The Morgan fingerprint density at radius 2 is 2.14 bits per heavy atom. The summed E-state index contributed by atoms with van der Waals surface area (Å²) in [5, 5.41) is 0. The Morgan fingerprint density at radius 3 is 2.64 bits per heavy atom. The summed E-state index contributed by atoms with van der Waals surface area (Å²) in [5.41, 5.74) is 1.97. The number of allylic oxidation sites excluding steroid dienone is 1. The number of aromatic nitrogens is 2. The molecule has 0 aliphatic heterocycles. The molecule has 76 valence electrons. The van der Waals surface area contributed by atoms with Gasteiger partial charge < -0.3 is 12.4 Å². The van der Waals surface area contributed by atoms with Crippen molar-refractivity contribution >= 4 is 12.2 Å². The zero-order chi connectivity index (χ0) is 8.97. The van der Waals surface area contributed by atoms with Crippen LogP contribution in [0.5, 0.6) is 0 Å². The molecule has 0 amide bonds. The Balaban J connectivity index is 0. The van der Waals surface area contributed by atoms with Crippen molar-refractivity contribution in [1.29, 1.82) is 0 Å². The monoisotopic (exact) mass is 267 g/mol. The largest absolute Gasteiger partial charge is 0.358 e. The van der Waals surface area contributed by atoms with Gasteiger partial charge >= 0.3 is 0 Å². The summed E-state index contributed by atoms with van der Waals surface area (Å²) in [6.07, 6.45) is 6.93. The molecular formula is C11H17N2Zr-. The standard InChI is InChI=1S/C10H14N2.CH3.Zr/c1-4-6-7-10-9(5-2)11-8(3)12-10;;/h5-7H,2,4H2,1,3H3,(H,11,12);1H3;/q;-1;/b7-6-;;. The fourth-order valence-corrected chi connectivity index (χ4v) is 1.05. The van der Waals surface area contributed by atoms with Crippen LogP contribution >= 0.6 is 0 Å². The van der Waals surface area contributed by atoms with E-state index in [0.717, 1.165) is 23.6 Å². The smallest absolute Gasteiger partial charge is 0.104 e. The number of nitrogens with zero attached hydrogens (tertiary/aromatic N) is 1. The molecule has 3 heteroatoms. The molecule has 0 spiro atoms. The second kappa shape index (κ2) is 7.93. The van der Waals surface area contributed by atoms with Crippen molar-refractivity contribution < 1.29 is 26.2 Å². The number of imidazole rings is 1. The Kier molecular flexibility index (Phi) is 9.07. The summed E-state index contributed by atoms with van der Waals surface area (Å²) in [4.78, 5) is 7.42. The Labute approximate surface area is 106 Å². The van der Waals surface area contributed by atoms with Crippen LogP contribution in [0.2, 0.25) is 0 Å². The quantitative estimate of drug-likeness (QED) is 0.838. The third kappa shape index (κ3) is 4.19. The van der Waals surface area contributed by atoms with Crippen LogP contribution in [0.1, 0.15) is 30.6 Å². The van der Waals surface area contributed by atoms with Crippen LogP contribution in [0.15, 0.2) is 12.7 Å². The van der Waals surface area contributed by atoms with E-state index < -0.39 is 0 Å². The average molecular weight is 268 g/mol. The minimum absolute atomic E-state index is 0. The third-order valence-electron chi connectivity index (χ3n) is 1.59. The summed E-state index contributed by atoms with van der Waals surface area (Å²) in [7, 11) is 0. The second-order valence-corrected chi connectivity index (χ2v) is 2.64. The van der Waals surface area contributed by atoms with E-state index in [2.05, 4.69) is 29.5 Å². The van der Waals surface area contributed by atoms with E-state index >= 15 is 0 Å². The predicted molar refractivity (Wildman–Crippen MR) is 59.2 cm³/mol. The first-order valence-electron chi connectivity index (χ1n) is 4.13. The van der Waals surface area contributed by atoms with Gasteiger partial charge in [0, 0.05) is 26.2 Å². The van der Waals surface area contributed by atoms with E-state index in [1.807, 2.05) is 13.0 Å². The number of nitrogens with one attached hydrogen (secondary N) is 1. The van der Waals surface area contributed by atoms with E-state index in [9.17, 15) is 0 Å². The summed E-state index contributed by atoms with van der Waals surface area (Å²) >= 11 is 0. The zero-order valence-corrected chi connectivity index (χ0v) is 11.6. The molecule has 0 aliphatic rings. The van der Waals surface area contributed by atoms with E-state index in [-0.39, 0.29) is 33.6 Å². The Hall–Kier alpha value is -0.427. The van der Waals surface area contributed by atoms with Gasteiger partial charge in [-0.3, -0.25) is 0 Å². The molecule has 0 aromatic carbocycles. The number of H-pyrrole nitrogens is 1. The average Bonchev–Trinajstić information content (AvgIpc) is 2.42. The van der Waals surface area contributed by atoms with Gasteiger partial charge in [-0.1, -0.05) is 19.6 Å². The topological polar surface area (TPSA) is 28.7 Å². The maximum Gasteiger partial charge on any atom is 0.104 e. The van der Waals surface area contributed by atoms with Crippen molar-refractivity contribution in [2.24, 2.45) is 0 Å². The second-order valence-electron chi connectivity index (χ2n) is 2.64. The molecule has 0 unspecified atom stereocenters. The molecule has 0 saturated heterocycles. The summed E-state index contributed by atoms with van der Waals surface area (Å²) < 4.78 is 0. The minimum Gasteiger partial charge on any atom is -0.358 e. The van der Waals surface area contributed by atoms with Crippen molar-refractivity contribution in [2.75, 3.05) is 0 Å². The molecule has 1 rings (SSSR count). The molecule has 0 fully saturated rings. The van der Waals surface area contributed by atoms with Crippen LogP contribution in [0.4, 0.5) is 0 Å². The molecule has 1 N–H and O–H groups in total. The molecule has 1 aromatic heterocycles. The van der Waals surface area contributed by atoms with Crippen molar-refractivity contribution in [1.82, 2.24) is 9.97 Å². The van der Waals surface area contributed by atoms with E-state index in [4.69, 9.17) is 0 Å². The summed E-state index contributed by atoms with van der Waals surface area (Å²) in [6.45, 7) is 7.74. The van der Waals surface area contributed by atoms with E-state index in [1.165, 1.54) is 0 Å². The molecule has 2 nitrogen and oxygen atoms in total. The molecule has 0 atom stereocenters. The first kappa shape index (κ1) is 16.0. The van der Waals surface area contributed by atoms with Crippen molar-refractivity contribution in [3.63, 3.8) is 0 Å². The Bertz CT molecular complexity index is 300. The fourth-order valence-electron chi connectivity index (χ4n) is 1.05. The first-order valence-corrected chi connectivity index (χ1v) is 4.13. The first-order chi connectivity index (χ1) is 5.77. The van der Waals surface area contributed by atoms with Gasteiger partial charge in [-0.2, -0.15) is 0 Å². The van der Waals surface area contributed by atoms with Gasteiger partial charge in [-0.05, 0) is 25.5 Å². The van der Waals surface area contributed by atoms with Gasteiger partial charge in [0.25, 0.3) is 0 Å². The van der Waals surface area contributed by atoms with Crippen LogP contribution in [0, 0.1) is 14.4 Å². The molecule has 1 aromatic rings. The van der Waals surface area contributed by atoms with Gasteiger partial charge in [0.1, 0.15) is 5.82 Å². The van der Waals surface area contributed by atoms with Gasteiger partial charge in [0.15, 0.2) is 0 Å². The molecule has 0 bridgehead atoms. The zero-order valence-electron chi connectivity index (χ0n) is 9.09. The van der Waals surface area contributed by atoms with Crippen LogP contribution in [-0.2, 0) is 26.2 Å². The fraction of sp³-hybridized carbons (Fsp3) is 0.273. The number of hydrogen-bond donors (Lipinski definition) is 1. The molecule has 14 heavy (non-hydrogen) atoms. The van der Waals surface area contributed by atoms with Gasteiger partial charge in [-0.25, -0.2) is 4.98 Å². The molecule has 1 heterocycles. The molecular weight excluding hydrogens is 251 g/mol. The minimum atomic E-state index is 0. The summed E-state index contributed by atoms with van der Waals surface area (Å²) in [5.74, 6) is 0.931. The maximum atomic E-state index is 4.26. The van der Waals surface area contributed by atoms with Crippen molar-refractivity contribution in [3.05, 3.63) is 37.3 Å². The third-order valence-corrected chi connectivity index (χ3v) is 1.59. The normalized spacial score (nSPS) is 9.29. The van der Waals surface area contributed by atoms with Crippen LogP contribution in [-0.4, -0.2) is 9.97 Å². The predicted octanol–water partition coefficient (Wildman–Crippen LogP) is 3.23. The van der Waals surface area contributed by atoms with Crippen LogP contribution in [0.3, 0.4) is 0 Å². The molecule has 0 saturated carbocycles. The van der Waals surface area contributed by atoms with Gasteiger partial charge in [-0.15, -0.1) is 0 Å². The van der Waals surface area contributed by atoms with Gasteiger partial charge in [0.05, 0.1) is 11.4 Å². The number of aromatic amines is 1. The van der Waals surface area contributed by atoms with Crippen molar-refractivity contribution in [3.8, 4) is 0 Å². The van der Waals surface area contributed by atoms with Gasteiger partial charge in [0.2, 0.25) is 0 Å². The van der Waals surface area contributed by atoms with Crippen LogP contribution in [0.25, 0.3) is 12.2 Å². The van der Waals surface area contributed by atoms with Crippen LogP contribution < -0.4 is 0 Å². The maximum absolute atomic E-state index is 4.26. The van der Waals surface area contributed by atoms with E-state index in [1.54, 1.807) is 6.08 Å². The Morgan fingerprint density at radius 1 is 1.50 bits per heavy atom.